The minimum Gasteiger partial charge on any atom is -0.463 e. The molecule has 0 unspecified atom stereocenters. The molecule has 2 aliphatic heterocycles. The Morgan fingerprint density at radius 3 is 2.64 bits per heavy atom. The van der Waals surface area contributed by atoms with Crippen LogP contribution in [0.25, 0.3) is 0 Å². The largest absolute Gasteiger partial charge is 0.463 e. The van der Waals surface area contributed by atoms with Crippen LogP contribution in [0.15, 0.2) is 30.3 Å². The fourth-order valence-electron chi connectivity index (χ4n) is 2.64. The van der Waals surface area contributed by atoms with E-state index in [0.717, 1.165) is 6.32 Å². The lowest BCUT2D eigenvalue weighted by Gasteiger charge is -2.19. The van der Waals surface area contributed by atoms with Crippen molar-refractivity contribution in [3.05, 3.63) is 30.3 Å². The molecule has 2 saturated heterocycles. The van der Waals surface area contributed by atoms with Gasteiger partial charge in [0.05, 0.1) is 0 Å². The zero-order chi connectivity index (χ0) is 15.5. The predicted octanol–water partition coefficient (Wildman–Crippen LogP) is 1.65. The Hall–Kier alpha value is -1.57. The summed E-state index contributed by atoms with van der Waals surface area (Å²) in [7, 11) is -0.277. The van der Waals surface area contributed by atoms with Crippen molar-refractivity contribution in [3.63, 3.8) is 0 Å². The molecule has 0 N–H and O–H groups in total. The second-order valence-corrected chi connectivity index (χ2v) is 5.32. The lowest BCUT2D eigenvalue weighted by Crippen LogP contribution is -2.33. The van der Waals surface area contributed by atoms with E-state index in [4.69, 9.17) is 23.5 Å². The van der Waals surface area contributed by atoms with Gasteiger partial charge in [0, 0.05) is 6.92 Å². The Bertz CT molecular complexity index is 510. The Morgan fingerprint density at radius 2 is 1.95 bits per heavy atom. The van der Waals surface area contributed by atoms with Crippen molar-refractivity contribution >= 4 is 13.1 Å². The van der Waals surface area contributed by atoms with Crippen LogP contribution in [0, 0.1) is 0 Å². The smallest absolute Gasteiger partial charge is 0.457 e. The van der Waals surface area contributed by atoms with E-state index in [9.17, 15) is 4.79 Å². The third-order valence-electron chi connectivity index (χ3n) is 3.66. The molecule has 0 saturated carbocycles. The molecule has 0 spiro atoms. The average molecular weight is 306 g/mol. The summed E-state index contributed by atoms with van der Waals surface area (Å²) < 4.78 is 28.4. The van der Waals surface area contributed by atoms with Crippen LogP contribution in [0.2, 0.25) is 6.32 Å². The number of carbonyl (C=O) groups excluding carboxylic acids is 1. The highest BCUT2D eigenvalue weighted by atomic mass is 16.8. The summed E-state index contributed by atoms with van der Waals surface area (Å²) in [6.07, 6.45) is -0.849. The zero-order valence-corrected chi connectivity index (χ0v) is 12.6. The van der Waals surface area contributed by atoms with E-state index in [1.807, 2.05) is 37.3 Å². The second kappa shape index (κ2) is 6.68. The third-order valence-corrected chi connectivity index (χ3v) is 3.66. The zero-order valence-electron chi connectivity index (χ0n) is 12.6. The van der Waals surface area contributed by atoms with Gasteiger partial charge in [0.1, 0.15) is 30.7 Å². The number of esters is 1. The highest BCUT2D eigenvalue weighted by Crippen LogP contribution is 2.34. The van der Waals surface area contributed by atoms with Crippen molar-refractivity contribution in [3.8, 4) is 5.75 Å². The predicted molar refractivity (Wildman–Crippen MR) is 78.3 cm³/mol. The molecule has 0 aliphatic carbocycles. The average Bonchev–Trinajstić information content (AvgIpc) is 3.07. The molecule has 1 aromatic carbocycles. The molecule has 0 amide bonds. The first-order valence-electron chi connectivity index (χ1n) is 7.49. The van der Waals surface area contributed by atoms with E-state index < -0.39 is 6.29 Å². The molecular formula is C15H19BO6. The standard InChI is InChI=1S/C15H19BO6/c1-3-16-21-13-12(9-18-10(2)17)20-15(14(13)22-16)19-11-7-5-4-6-8-11/h4-8,12-15H,3,9H2,1-2H3/t12-,13+,14+,15-/m1/s1. The van der Waals surface area contributed by atoms with E-state index in [2.05, 4.69) is 0 Å². The van der Waals surface area contributed by atoms with E-state index in [0.29, 0.717) is 5.75 Å². The maximum Gasteiger partial charge on any atom is 0.457 e. The van der Waals surface area contributed by atoms with Crippen molar-refractivity contribution in [1.82, 2.24) is 0 Å². The van der Waals surface area contributed by atoms with Gasteiger partial charge >= 0.3 is 13.1 Å². The molecule has 7 heteroatoms. The summed E-state index contributed by atoms with van der Waals surface area (Å²) >= 11 is 0. The maximum absolute atomic E-state index is 11.0. The summed E-state index contributed by atoms with van der Waals surface area (Å²) in [4.78, 5) is 11.0. The van der Waals surface area contributed by atoms with Crippen LogP contribution in [0.5, 0.6) is 5.75 Å². The van der Waals surface area contributed by atoms with Crippen LogP contribution < -0.4 is 4.74 Å². The molecular weight excluding hydrogens is 287 g/mol. The van der Waals surface area contributed by atoms with Crippen LogP contribution in [0.3, 0.4) is 0 Å². The van der Waals surface area contributed by atoms with E-state index >= 15 is 0 Å². The molecule has 22 heavy (non-hydrogen) atoms. The summed E-state index contributed by atoms with van der Waals surface area (Å²) in [5.41, 5.74) is 0. The summed E-state index contributed by atoms with van der Waals surface area (Å²) in [6, 6.07) is 9.39. The van der Waals surface area contributed by atoms with Crippen LogP contribution >= 0.6 is 0 Å². The quantitative estimate of drug-likeness (QED) is 0.609. The number of para-hydroxylation sites is 1. The number of carbonyl (C=O) groups is 1. The van der Waals surface area contributed by atoms with Gasteiger partial charge in [-0.3, -0.25) is 4.79 Å². The summed E-state index contributed by atoms with van der Waals surface area (Å²) in [6.45, 7) is 3.48. The first-order valence-corrected chi connectivity index (χ1v) is 7.49. The van der Waals surface area contributed by atoms with Crippen LogP contribution in [-0.4, -0.2) is 44.3 Å². The first kappa shape index (κ1) is 15.3. The van der Waals surface area contributed by atoms with Gasteiger partial charge in [0.15, 0.2) is 0 Å². The second-order valence-electron chi connectivity index (χ2n) is 5.32. The van der Waals surface area contributed by atoms with Gasteiger partial charge in [-0.1, -0.05) is 25.1 Å². The third kappa shape index (κ3) is 3.26. The van der Waals surface area contributed by atoms with Crippen molar-refractivity contribution in [2.24, 2.45) is 0 Å². The fraction of sp³-hybridized carbons (Fsp3) is 0.533. The molecule has 2 heterocycles. The lowest BCUT2D eigenvalue weighted by atomic mass is 9.87. The first-order chi connectivity index (χ1) is 10.7. The molecule has 0 radical (unpaired) electrons. The maximum atomic E-state index is 11.0. The minimum atomic E-state index is -0.579. The van der Waals surface area contributed by atoms with Gasteiger partial charge in [0.25, 0.3) is 0 Å². The molecule has 2 fully saturated rings. The topological polar surface area (TPSA) is 63.2 Å². The van der Waals surface area contributed by atoms with Crippen LogP contribution in [0.1, 0.15) is 13.8 Å². The normalized spacial score (nSPS) is 30.2. The summed E-state index contributed by atoms with van der Waals surface area (Å²) in [5, 5.41) is 0. The number of ether oxygens (including phenoxy) is 3. The molecule has 6 nitrogen and oxygen atoms in total. The number of fused-ring (bicyclic) bond motifs is 1. The SMILES string of the molecule is CCB1O[C@@H]2[C@H](Oc3ccccc3)O[C@H](COC(C)=O)[C@@H]2O1. The van der Waals surface area contributed by atoms with Gasteiger partial charge in [0.2, 0.25) is 6.29 Å². The van der Waals surface area contributed by atoms with Gasteiger partial charge < -0.3 is 23.5 Å². The van der Waals surface area contributed by atoms with E-state index in [-0.39, 0.29) is 38.0 Å². The molecule has 3 rings (SSSR count). The van der Waals surface area contributed by atoms with Gasteiger partial charge in [-0.2, -0.15) is 0 Å². The number of benzene rings is 1. The highest BCUT2D eigenvalue weighted by molar-refractivity contribution is 6.45. The van der Waals surface area contributed by atoms with Crippen molar-refractivity contribution < 1.29 is 28.3 Å². The number of hydrogen-bond acceptors (Lipinski definition) is 6. The van der Waals surface area contributed by atoms with Crippen LogP contribution in [0.4, 0.5) is 0 Å². The van der Waals surface area contributed by atoms with Crippen molar-refractivity contribution in [1.29, 1.82) is 0 Å². The lowest BCUT2D eigenvalue weighted by molar-refractivity contribution is -0.152. The molecule has 0 bridgehead atoms. The van der Waals surface area contributed by atoms with Gasteiger partial charge in [-0.25, -0.2) is 0 Å². The molecule has 1 aromatic rings. The molecule has 0 aromatic heterocycles. The summed E-state index contributed by atoms with van der Waals surface area (Å²) in [5.74, 6) is 0.349. The Morgan fingerprint density at radius 1 is 1.23 bits per heavy atom. The highest BCUT2D eigenvalue weighted by Gasteiger charge is 2.54. The van der Waals surface area contributed by atoms with Crippen molar-refractivity contribution in [2.75, 3.05) is 6.61 Å². The van der Waals surface area contributed by atoms with Gasteiger partial charge in [-0.05, 0) is 18.5 Å². The molecule has 118 valence electrons. The minimum absolute atomic E-state index is 0.130. The number of rotatable bonds is 5. The fourth-order valence-corrected chi connectivity index (χ4v) is 2.64. The molecule has 2 aliphatic rings. The number of hydrogen-bond donors (Lipinski definition) is 0. The van der Waals surface area contributed by atoms with Gasteiger partial charge in [-0.15, -0.1) is 0 Å². The Kier molecular flexibility index (Phi) is 4.66. The van der Waals surface area contributed by atoms with E-state index in [1.54, 1.807) is 0 Å². The van der Waals surface area contributed by atoms with E-state index in [1.165, 1.54) is 6.92 Å². The Balaban J connectivity index is 1.69. The Labute approximate surface area is 129 Å². The van der Waals surface area contributed by atoms with Crippen LogP contribution in [-0.2, 0) is 23.6 Å². The van der Waals surface area contributed by atoms with Crippen molar-refractivity contribution in [2.45, 2.75) is 44.8 Å². The monoisotopic (exact) mass is 306 g/mol. The molecule has 4 atom stereocenters.